The molecule has 1 unspecified atom stereocenters. The number of hydrogen-bond donors (Lipinski definition) is 0. The summed E-state index contributed by atoms with van der Waals surface area (Å²) in [5.74, 6) is 0.580. The minimum Gasteiger partial charge on any atom is -0.497 e. The van der Waals surface area contributed by atoms with E-state index in [4.69, 9.17) is 9.47 Å². The molecule has 4 rings (SSSR count). The van der Waals surface area contributed by atoms with E-state index in [0.717, 1.165) is 16.0 Å². The number of carbonyl (C=O) groups excluding carboxylic acids is 1. The van der Waals surface area contributed by atoms with Gasteiger partial charge in [-0.25, -0.2) is 8.42 Å². The first-order valence-electron chi connectivity index (χ1n) is 11.4. The lowest BCUT2D eigenvalue weighted by atomic mass is 9.99. The number of aromatic nitrogens is 1. The molecule has 34 heavy (non-hydrogen) atoms. The standard InChI is InChI=1S/C24H29N3O5S2/c1-4-27-22-20(32-5-2)9-6-10-21(22)33-24(27)25-23(28)17-8-7-15-26(16-17)34(29,30)19-13-11-18(31-3)12-14-19/h6,9-14,17H,4-5,7-8,15-16H2,1-3H3. The lowest BCUT2D eigenvalue weighted by molar-refractivity contribution is -0.122. The first kappa shape index (κ1) is 24.4. The number of nitrogens with zero attached hydrogens (tertiary/aromatic N) is 3. The number of thiazole rings is 1. The summed E-state index contributed by atoms with van der Waals surface area (Å²) in [6, 6.07) is 12.1. The van der Waals surface area contributed by atoms with Gasteiger partial charge in [-0.1, -0.05) is 17.4 Å². The number of amides is 1. The van der Waals surface area contributed by atoms with Crippen molar-refractivity contribution in [2.24, 2.45) is 10.9 Å². The Balaban J connectivity index is 1.61. The van der Waals surface area contributed by atoms with Gasteiger partial charge < -0.3 is 14.0 Å². The Kier molecular flexibility index (Phi) is 7.39. The number of benzene rings is 2. The van der Waals surface area contributed by atoms with Crippen molar-refractivity contribution in [2.75, 3.05) is 26.8 Å². The number of rotatable bonds is 7. The minimum absolute atomic E-state index is 0.123. The number of ether oxygens (including phenoxy) is 2. The molecule has 0 radical (unpaired) electrons. The topological polar surface area (TPSA) is 90.2 Å². The molecule has 0 bridgehead atoms. The Bertz CT molecular complexity index is 1340. The SMILES string of the molecule is CCOc1cccc2sc(=NC(=O)C3CCCN(S(=O)(=O)c4ccc(OC)cc4)C3)n(CC)c12. The van der Waals surface area contributed by atoms with E-state index in [1.54, 1.807) is 12.1 Å². The summed E-state index contributed by atoms with van der Waals surface area (Å²) in [7, 11) is -2.17. The number of fused-ring (bicyclic) bond motifs is 1. The monoisotopic (exact) mass is 503 g/mol. The Hall–Kier alpha value is -2.69. The van der Waals surface area contributed by atoms with Crippen LogP contribution in [-0.2, 0) is 21.4 Å². The predicted octanol–water partition coefficient (Wildman–Crippen LogP) is 3.66. The second-order valence-electron chi connectivity index (χ2n) is 7.99. The van der Waals surface area contributed by atoms with E-state index in [-0.39, 0.29) is 17.3 Å². The summed E-state index contributed by atoms with van der Waals surface area (Å²) >= 11 is 1.44. The first-order valence-corrected chi connectivity index (χ1v) is 13.6. The largest absolute Gasteiger partial charge is 0.497 e. The number of methoxy groups -OCH3 is 1. The minimum atomic E-state index is -3.71. The molecule has 8 nitrogen and oxygen atoms in total. The van der Waals surface area contributed by atoms with Crippen molar-refractivity contribution in [3.05, 3.63) is 47.3 Å². The quantitative estimate of drug-likeness (QED) is 0.491. The highest BCUT2D eigenvalue weighted by Crippen LogP contribution is 2.28. The van der Waals surface area contributed by atoms with Crippen LogP contribution >= 0.6 is 11.3 Å². The molecular formula is C24H29N3O5S2. The molecule has 1 atom stereocenters. The molecule has 2 heterocycles. The number of aryl methyl sites for hydroxylation is 1. The van der Waals surface area contributed by atoms with Gasteiger partial charge in [0.2, 0.25) is 10.0 Å². The first-order chi connectivity index (χ1) is 16.4. The Labute approximate surface area is 203 Å². The maximum absolute atomic E-state index is 13.2. The van der Waals surface area contributed by atoms with Gasteiger partial charge in [-0.15, -0.1) is 0 Å². The van der Waals surface area contributed by atoms with Crippen LogP contribution in [-0.4, -0.2) is 50.0 Å². The molecule has 0 spiro atoms. The van der Waals surface area contributed by atoms with Gasteiger partial charge in [-0.3, -0.25) is 4.79 Å². The number of carbonyl (C=O) groups is 1. The molecule has 10 heteroatoms. The van der Waals surface area contributed by atoms with E-state index in [0.29, 0.717) is 43.1 Å². The fourth-order valence-corrected chi connectivity index (χ4v) is 6.83. The van der Waals surface area contributed by atoms with E-state index >= 15 is 0 Å². The fourth-order valence-electron chi connectivity index (χ4n) is 4.19. The van der Waals surface area contributed by atoms with Crippen molar-refractivity contribution in [1.82, 2.24) is 8.87 Å². The third-order valence-electron chi connectivity index (χ3n) is 5.92. The van der Waals surface area contributed by atoms with Gasteiger partial charge in [-0.05, 0) is 63.1 Å². The van der Waals surface area contributed by atoms with Crippen LogP contribution in [0.2, 0.25) is 0 Å². The van der Waals surface area contributed by atoms with Crippen LogP contribution in [0.4, 0.5) is 0 Å². The van der Waals surface area contributed by atoms with Crippen LogP contribution in [0.1, 0.15) is 26.7 Å². The zero-order valence-corrected chi connectivity index (χ0v) is 21.2. The van der Waals surface area contributed by atoms with E-state index in [1.165, 1.54) is 34.9 Å². The summed E-state index contributed by atoms with van der Waals surface area (Å²) in [6.45, 7) is 5.63. The highest BCUT2D eigenvalue weighted by atomic mass is 32.2. The average Bonchev–Trinajstić information content (AvgIpc) is 3.22. The van der Waals surface area contributed by atoms with Crippen LogP contribution in [0.5, 0.6) is 11.5 Å². The molecule has 0 aliphatic carbocycles. The van der Waals surface area contributed by atoms with Crippen LogP contribution in [0.3, 0.4) is 0 Å². The van der Waals surface area contributed by atoms with Crippen molar-refractivity contribution in [2.45, 2.75) is 38.1 Å². The maximum atomic E-state index is 13.2. The summed E-state index contributed by atoms with van der Waals surface area (Å²) in [5.41, 5.74) is 0.927. The molecule has 1 aliphatic heterocycles. The van der Waals surface area contributed by atoms with Crippen LogP contribution in [0.25, 0.3) is 10.2 Å². The summed E-state index contributed by atoms with van der Waals surface area (Å²) in [4.78, 5) is 18.4. The highest BCUT2D eigenvalue weighted by Gasteiger charge is 2.33. The van der Waals surface area contributed by atoms with E-state index in [1.807, 2.05) is 36.6 Å². The molecule has 1 aliphatic rings. The molecule has 1 saturated heterocycles. The smallest absolute Gasteiger partial charge is 0.252 e. The average molecular weight is 504 g/mol. The van der Waals surface area contributed by atoms with Gasteiger partial charge in [0.15, 0.2) is 4.80 Å². The van der Waals surface area contributed by atoms with Crippen LogP contribution < -0.4 is 14.3 Å². The second kappa shape index (κ2) is 10.3. The van der Waals surface area contributed by atoms with Gasteiger partial charge >= 0.3 is 0 Å². The number of para-hydroxylation sites is 1. The zero-order valence-electron chi connectivity index (χ0n) is 19.6. The Morgan fingerprint density at radius 2 is 1.94 bits per heavy atom. The third kappa shape index (κ3) is 4.75. The summed E-state index contributed by atoms with van der Waals surface area (Å²) < 4.78 is 41.6. The Morgan fingerprint density at radius 3 is 2.62 bits per heavy atom. The van der Waals surface area contributed by atoms with E-state index in [2.05, 4.69) is 4.99 Å². The number of hydrogen-bond acceptors (Lipinski definition) is 6. The third-order valence-corrected chi connectivity index (χ3v) is 8.84. The number of sulfonamides is 1. The van der Waals surface area contributed by atoms with Crippen molar-refractivity contribution in [3.63, 3.8) is 0 Å². The fraction of sp³-hybridized carbons (Fsp3) is 0.417. The maximum Gasteiger partial charge on any atom is 0.252 e. The van der Waals surface area contributed by atoms with Crippen molar-refractivity contribution < 1.29 is 22.7 Å². The van der Waals surface area contributed by atoms with Gasteiger partial charge in [0.1, 0.15) is 17.0 Å². The molecule has 182 valence electrons. The van der Waals surface area contributed by atoms with E-state index in [9.17, 15) is 13.2 Å². The predicted molar refractivity (Wildman–Crippen MR) is 132 cm³/mol. The lowest BCUT2D eigenvalue weighted by Gasteiger charge is -2.30. The van der Waals surface area contributed by atoms with Crippen molar-refractivity contribution >= 4 is 37.5 Å². The van der Waals surface area contributed by atoms with Crippen LogP contribution in [0.15, 0.2) is 52.4 Å². The number of piperidine rings is 1. The molecule has 2 aromatic carbocycles. The van der Waals surface area contributed by atoms with Crippen molar-refractivity contribution in [1.29, 1.82) is 0 Å². The van der Waals surface area contributed by atoms with Crippen molar-refractivity contribution in [3.8, 4) is 11.5 Å². The van der Waals surface area contributed by atoms with Gasteiger partial charge in [0.25, 0.3) is 5.91 Å². The molecule has 0 N–H and O–H groups in total. The normalized spacial score (nSPS) is 17.7. The molecule has 1 fully saturated rings. The molecule has 1 aromatic heterocycles. The molecular weight excluding hydrogens is 474 g/mol. The highest BCUT2D eigenvalue weighted by molar-refractivity contribution is 7.89. The van der Waals surface area contributed by atoms with Gasteiger partial charge in [-0.2, -0.15) is 9.30 Å². The van der Waals surface area contributed by atoms with Crippen LogP contribution in [0, 0.1) is 5.92 Å². The molecule has 1 amide bonds. The van der Waals surface area contributed by atoms with Gasteiger partial charge in [0.05, 0.1) is 29.2 Å². The second-order valence-corrected chi connectivity index (χ2v) is 10.9. The summed E-state index contributed by atoms with van der Waals surface area (Å²) in [5, 5.41) is 0. The summed E-state index contributed by atoms with van der Waals surface area (Å²) in [6.07, 6.45) is 1.22. The Morgan fingerprint density at radius 1 is 1.18 bits per heavy atom. The van der Waals surface area contributed by atoms with E-state index < -0.39 is 15.9 Å². The lowest BCUT2D eigenvalue weighted by Crippen LogP contribution is -2.42. The molecule has 3 aromatic rings. The zero-order chi connectivity index (χ0) is 24.3. The van der Waals surface area contributed by atoms with Gasteiger partial charge in [0, 0.05) is 19.6 Å². The molecule has 0 saturated carbocycles.